The minimum Gasteiger partial charge on any atom is -0.481 e. The molecular weight excluding hydrogens is 430 g/mol. The Kier molecular flexibility index (Phi) is 7.01. The third-order valence-electron chi connectivity index (χ3n) is 4.24. The number of rotatable bonds is 10. The summed E-state index contributed by atoms with van der Waals surface area (Å²) in [6.07, 6.45) is -0.233. The fraction of sp³-hybridized carbons (Fsp3) is 0.300. The molecule has 1 unspecified atom stereocenters. The van der Waals surface area contributed by atoms with Crippen molar-refractivity contribution in [3.63, 3.8) is 0 Å². The minimum absolute atomic E-state index is 0.0133. The molecule has 1 saturated heterocycles. The van der Waals surface area contributed by atoms with Crippen molar-refractivity contribution in [1.29, 1.82) is 0 Å². The molecule has 1 fully saturated rings. The van der Waals surface area contributed by atoms with E-state index in [0.717, 1.165) is 5.75 Å². The number of carbonyl (C=O) groups excluding carboxylic acids is 1. The number of carboxylic acid groups (broad SMARTS) is 1. The molecule has 3 rings (SSSR count). The molecule has 1 heterocycles. The molecule has 2 aromatic carbocycles. The van der Waals surface area contributed by atoms with E-state index in [1.54, 1.807) is 36.0 Å². The van der Waals surface area contributed by atoms with Gasteiger partial charge >= 0.3 is 11.9 Å². The summed E-state index contributed by atoms with van der Waals surface area (Å²) in [5.41, 5.74) is 5.61. The molecule has 1 aliphatic heterocycles. The second-order valence-electron chi connectivity index (χ2n) is 6.74. The molecule has 30 heavy (non-hydrogen) atoms. The van der Waals surface area contributed by atoms with Crippen LogP contribution in [0.4, 0.5) is 0 Å². The predicted molar refractivity (Wildman–Crippen MR) is 112 cm³/mol. The summed E-state index contributed by atoms with van der Waals surface area (Å²) in [5, 5.41) is 8.82. The lowest BCUT2D eigenvalue weighted by atomic mass is 10.2. The highest BCUT2D eigenvalue weighted by atomic mass is 32.2. The maximum atomic E-state index is 12.3. The van der Waals surface area contributed by atoms with Gasteiger partial charge in [0.25, 0.3) is 0 Å². The lowest BCUT2D eigenvalue weighted by molar-refractivity contribution is -0.138. The van der Waals surface area contributed by atoms with Crippen molar-refractivity contribution in [1.82, 2.24) is 0 Å². The number of ether oxygens (including phenoxy) is 2. The van der Waals surface area contributed by atoms with Crippen LogP contribution in [0.3, 0.4) is 0 Å². The molecule has 8 nitrogen and oxygen atoms in total. The van der Waals surface area contributed by atoms with Crippen molar-refractivity contribution in [2.24, 2.45) is 5.73 Å². The van der Waals surface area contributed by atoms with Crippen LogP contribution in [-0.4, -0.2) is 48.3 Å². The van der Waals surface area contributed by atoms with Gasteiger partial charge in [0, 0.05) is 17.4 Å². The smallest absolute Gasteiger partial charge is 0.328 e. The largest absolute Gasteiger partial charge is 0.481 e. The average Bonchev–Trinajstić information content (AvgIpc) is 3.51. The number of nitrogens with two attached hydrogens (primary N) is 1. The van der Waals surface area contributed by atoms with Crippen LogP contribution < -0.4 is 15.2 Å². The lowest BCUT2D eigenvalue weighted by Crippen LogP contribution is -2.34. The van der Waals surface area contributed by atoms with Gasteiger partial charge in [0.1, 0.15) is 23.3 Å². The number of thioether (sulfide) groups is 1. The van der Waals surface area contributed by atoms with Gasteiger partial charge in [0.2, 0.25) is 0 Å². The van der Waals surface area contributed by atoms with E-state index < -0.39 is 27.8 Å². The maximum absolute atomic E-state index is 12.3. The molecule has 2 aromatic rings. The Bertz CT molecular complexity index is 1000. The van der Waals surface area contributed by atoms with Crippen molar-refractivity contribution in [3.8, 4) is 17.2 Å². The quantitative estimate of drug-likeness (QED) is 0.317. The van der Waals surface area contributed by atoms with E-state index >= 15 is 0 Å². The van der Waals surface area contributed by atoms with E-state index in [9.17, 15) is 18.0 Å². The number of carboxylic acids is 1. The third kappa shape index (κ3) is 6.48. The Labute approximate surface area is 178 Å². The number of hydrogen-bond donors (Lipinski definition) is 2. The molecule has 10 heteroatoms. The minimum atomic E-state index is -3.29. The van der Waals surface area contributed by atoms with Crippen molar-refractivity contribution < 1.29 is 32.6 Å². The second-order valence-corrected chi connectivity index (χ2v) is 10.1. The maximum Gasteiger partial charge on any atom is 0.328 e. The van der Waals surface area contributed by atoms with Gasteiger partial charge in [-0.2, -0.15) is 11.8 Å². The highest BCUT2D eigenvalue weighted by Crippen LogP contribution is 2.33. The number of aliphatic carboxylic acids is 1. The van der Waals surface area contributed by atoms with Crippen LogP contribution in [0.5, 0.6) is 17.2 Å². The van der Waals surface area contributed by atoms with Crippen molar-refractivity contribution in [2.75, 3.05) is 11.5 Å². The molecule has 2 atom stereocenters. The van der Waals surface area contributed by atoms with Gasteiger partial charge < -0.3 is 20.3 Å². The first kappa shape index (κ1) is 22.1. The lowest BCUT2D eigenvalue weighted by Gasteiger charge is -2.11. The van der Waals surface area contributed by atoms with Gasteiger partial charge in [-0.15, -0.1) is 0 Å². The van der Waals surface area contributed by atoms with Crippen LogP contribution in [0.15, 0.2) is 53.4 Å². The highest BCUT2D eigenvalue weighted by molar-refractivity contribution is 8.08. The number of esters is 1. The van der Waals surface area contributed by atoms with Crippen molar-refractivity contribution in [3.05, 3.63) is 48.5 Å². The standard InChI is InChI=1S/C20H21NO7S2/c21-18(9-10-19(22)23)20(24)28-15-3-1-13(2-4-15)27-14-5-7-17(8-6-14)30(25,26)12-16-11-29-16/h1-8,16,18H,9-12,21H2,(H,22,23)/t16?,18-/m0/s1. The summed E-state index contributed by atoms with van der Waals surface area (Å²) in [6, 6.07) is 11.4. The van der Waals surface area contributed by atoms with E-state index in [1.165, 1.54) is 24.3 Å². The van der Waals surface area contributed by atoms with Gasteiger partial charge in [-0.05, 0) is 55.0 Å². The summed E-state index contributed by atoms with van der Waals surface area (Å²) >= 11 is 1.64. The number of hydrogen-bond acceptors (Lipinski definition) is 8. The summed E-state index contributed by atoms with van der Waals surface area (Å²) < 4.78 is 35.3. The van der Waals surface area contributed by atoms with Crippen LogP contribution >= 0.6 is 11.8 Å². The SMILES string of the molecule is N[C@@H](CCC(=O)O)C(=O)Oc1ccc(Oc2ccc(S(=O)(=O)CC3CS3)cc2)cc1. The van der Waals surface area contributed by atoms with Gasteiger partial charge in [0.15, 0.2) is 9.84 Å². The molecule has 1 aliphatic rings. The van der Waals surface area contributed by atoms with Crippen LogP contribution in [0.2, 0.25) is 0 Å². The number of carbonyl (C=O) groups is 2. The first-order chi connectivity index (χ1) is 14.2. The fourth-order valence-electron chi connectivity index (χ4n) is 2.52. The highest BCUT2D eigenvalue weighted by Gasteiger charge is 2.29. The van der Waals surface area contributed by atoms with Gasteiger partial charge in [-0.3, -0.25) is 4.79 Å². The predicted octanol–water partition coefficient (Wildman–Crippen LogP) is 2.47. The normalized spacial score (nSPS) is 16.5. The topological polar surface area (TPSA) is 133 Å². The fourth-order valence-corrected chi connectivity index (χ4v) is 5.20. The Hall–Kier alpha value is -2.56. The average molecular weight is 452 g/mol. The monoisotopic (exact) mass is 451 g/mol. The molecule has 0 amide bonds. The van der Waals surface area contributed by atoms with E-state index in [-0.39, 0.29) is 34.5 Å². The molecule has 0 radical (unpaired) electrons. The second kappa shape index (κ2) is 9.50. The van der Waals surface area contributed by atoms with E-state index in [4.69, 9.17) is 20.3 Å². The van der Waals surface area contributed by atoms with Crippen LogP contribution in [0, 0.1) is 0 Å². The Morgan fingerprint density at radius 3 is 2.13 bits per heavy atom. The van der Waals surface area contributed by atoms with Gasteiger partial charge in [0.05, 0.1) is 10.6 Å². The van der Waals surface area contributed by atoms with Crippen LogP contribution in [0.25, 0.3) is 0 Å². The first-order valence-corrected chi connectivity index (χ1v) is 11.8. The zero-order chi connectivity index (χ0) is 21.7. The molecule has 0 saturated carbocycles. The van der Waals surface area contributed by atoms with Crippen molar-refractivity contribution in [2.45, 2.75) is 29.0 Å². The van der Waals surface area contributed by atoms with Crippen LogP contribution in [0.1, 0.15) is 12.8 Å². The molecule has 0 bridgehead atoms. The molecule has 3 N–H and O–H groups in total. The Balaban J connectivity index is 1.55. The molecule has 0 aliphatic carbocycles. The van der Waals surface area contributed by atoms with Gasteiger partial charge in [-0.1, -0.05) is 0 Å². The summed E-state index contributed by atoms with van der Waals surface area (Å²) in [7, 11) is -3.29. The van der Waals surface area contributed by atoms with E-state index in [0.29, 0.717) is 11.5 Å². The summed E-state index contributed by atoms with van der Waals surface area (Å²) in [5.74, 6) is 0.471. The molecular formula is C20H21NO7S2. The zero-order valence-electron chi connectivity index (χ0n) is 15.9. The molecule has 0 spiro atoms. The Morgan fingerprint density at radius 1 is 1.07 bits per heavy atom. The van der Waals surface area contributed by atoms with E-state index in [1.807, 2.05) is 0 Å². The van der Waals surface area contributed by atoms with Crippen molar-refractivity contribution >= 4 is 33.5 Å². The first-order valence-electron chi connectivity index (χ1n) is 9.14. The molecule has 160 valence electrons. The number of benzene rings is 2. The van der Waals surface area contributed by atoms with Crippen LogP contribution in [-0.2, 0) is 19.4 Å². The summed E-state index contributed by atoms with van der Waals surface area (Å²) in [4.78, 5) is 22.7. The van der Waals surface area contributed by atoms with Gasteiger partial charge in [-0.25, -0.2) is 13.2 Å². The zero-order valence-corrected chi connectivity index (χ0v) is 17.5. The molecule has 0 aromatic heterocycles. The van der Waals surface area contributed by atoms with E-state index in [2.05, 4.69) is 0 Å². The number of sulfone groups is 1. The Morgan fingerprint density at radius 2 is 1.60 bits per heavy atom. The summed E-state index contributed by atoms with van der Waals surface area (Å²) in [6.45, 7) is 0. The third-order valence-corrected chi connectivity index (χ3v) is 7.25.